The molecule has 0 unspecified atom stereocenters. The summed E-state index contributed by atoms with van der Waals surface area (Å²) >= 11 is 1.21. The predicted octanol–water partition coefficient (Wildman–Crippen LogP) is 4.56. The standard InChI is InChI=1S/C15H11F2N3O4S/c1-23-11-5-2-8(6-12(11)24-14(16)17)18-15-19-10-4-3-9(20(21)22)7-13(10)25-15/h2-7,14H,1H3,(H,18,19). The van der Waals surface area contributed by atoms with E-state index in [1.807, 2.05) is 0 Å². The third kappa shape index (κ3) is 3.74. The van der Waals surface area contributed by atoms with Crippen LogP contribution in [0.5, 0.6) is 11.5 Å². The molecule has 0 aliphatic heterocycles. The number of ether oxygens (including phenoxy) is 2. The van der Waals surface area contributed by atoms with Crippen molar-refractivity contribution in [3.63, 3.8) is 0 Å². The van der Waals surface area contributed by atoms with E-state index in [1.54, 1.807) is 12.1 Å². The van der Waals surface area contributed by atoms with Crippen LogP contribution in [0.3, 0.4) is 0 Å². The average Bonchev–Trinajstić information content (AvgIpc) is 2.95. The van der Waals surface area contributed by atoms with Gasteiger partial charge in [-0.15, -0.1) is 0 Å². The second-order valence-corrected chi connectivity index (χ2v) is 5.83. The molecule has 0 spiro atoms. The Hall–Kier alpha value is -3.01. The van der Waals surface area contributed by atoms with Crippen LogP contribution in [0.15, 0.2) is 36.4 Å². The van der Waals surface area contributed by atoms with Crippen LogP contribution in [0, 0.1) is 10.1 Å². The number of fused-ring (bicyclic) bond motifs is 1. The molecule has 0 bridgehead atoms. The molecule has 7 nitrogen and oxygen atoms in total. The topological polar surface area (TPSA) is 86.5 Å². The third-order valence-electron chi connectivity index (χ3n) is 3.21. The van der Waals surface area contributed by atoms with E-state index in [-0.39, 0.29) is 17.2 Å². The quantitative estimate of drug-likeness (QED) is 0.508. The number of nitrogens with zero attached hydrogens (tertiary/aromatic N) is 2. The first-order valence-electron chi connectivity index (χ1n) is 6.91. The lowest BCUT2D eigenvalue weighted by molar-refractivity contribution is -0.384. The lowest BCUT2D eigenvalue weighted by atomic mass is 10.3. The highest BCUT2D eigenvalue weighted by Crippen LogP contribution is 2.35. The van der Waals surface area contributed by atoms with E-state index in [9.17, 15) is 18.9 Å². The fraction of sp³-hybridized carbons (Fsp3) is 0.133. The van der Waals surface area contributed by atoms with E-state index in [0.717, 1.165) is 0 Å². The molecule has 0 saturated heterocycles. The van der Waals surface area contributed by atoms with E-state index in [2.05, 4.69) is 15.0 Å². The third-order valence-corrected chi connectivity index (χ3v) is 4.15. The highest BCUT2D eigenvalue weighted by molar-refractivity contribution is 7.22. The van der Waals surface area contributed by atoms with Crippen molar-refractivity contribution in [1.29, 1.82) is 0 Å². The second-order valence-electron chi connectivity index (χ2n) is 4.80. The van der Waals surface area contributed by atoms with Gasteiger partial charge in [0.1, 0.15) is 0 Å². The first-order valence-corrected chi connectivity index (χ1v) is 7.73. The molecule has 1 N–H and O–H groups in total. The summed E-state index contributed by atoms with van der Waals surface area (Å²) in [4.78, 5) is 14.6. The van der Waals surface area contributed by atoms with Gasteiger partial charge in [-0.1, -0.05) is 11.3 Å². The Bertz CT molecular complexity index is 932. The first kappa shape index (κ1) is 16.8. The minimum Gasteiger partial charge on any atom is -0.493 e. The number of benzene rings is 2. The van der Waals surface area contributed by atoms with Crippen LogP contribution < -0.4 is 14.8 Å². The van der Waals surface area contributed by atoms with E-state index in [1.165, 1.54) is 42.7 Å². The van der Waals surface area contributed by atoms with Crippen LogP contribution in [-0.2, 0) is 0 Å². The SMILES string of the molecule is COc1ccc(Nc2nc3ccc([N+](=O)[O-])cc3s2)cc1OC(F)F. The number of alkyl halides is 2. The molecule has 1 heterocycles. The maximum Gasteiger partial charge on any atom is 0.387 e. The summed E-state index contributed by atoms with van der Waals surface area (Å²) in [6, 6.07) is 8.81. The maximum absolute atomic E-state index is 12.5. The number of hydrogen-bond donors (Lipinski definition) is 1. The van der Waals surface area contributed by atoms with Crippen LogP contribution in [0.1, 0.15) is 0 Å². The van der Waals surface area contributed by atoms with E-state index in [4.69, 9.17) is 4.74 Å². The molecule has 3 aromatic rings. The van der Waals surface area contributed by atoms with Gasteiger partial charge in [-0.25, -0.2) is 4.98 Å². The molecule has 0 radical (unpaired) electrons. The number of anilines is 2. The van der Waals surface area contributed by atoms with Gasteiger partial charge in [0.05, 0.1) is 22.2 Å². The molecular formula is C15H11F2N3O4S. The zero-order chi connectivity index (χ0) is 18.0. The van der Waals surface area contributed by atoms with Gasteiger partial charge >= 0.3 is 6.61 Å². The van der Waals surface area contributed by atoms with Crippen molar-refractivity contribution in [3.8, 4) is 11.5 Å². The number of hydrogen-bond acceptors (Lipinski definition) is 7. The largest absolute Gasteiger partial charge is 0.493 e. The summed E-state index contributed by atoms with van der Waals surface area (Å²) < 4.78 is 35.0. The van der Waals surface area contributed by atoms with Gasteiger partial charge in [0.25, 0.3) is 5.69 Å². The summed E-state index contributed by atoms with van der Waals surface area (Å²) in [7, 11) is 1.35. The number of nitro groups is 1. The highest BCUT2D eigenvalue weighted by Gasteiger charge is 2.13. The molecule has 2 aromatic carbocycles. The monoisotopic (exact) mass is 367 g/mol. The summed E-state index contributed by atoms with van der Waals surface area (Å²) in [6.45, 7) is -2.98. The number of nitro benzene ring substituents is 1. The fourth-order valence-corrected chi connectivity index (χ4v) is 3.07. The molecule has 0 aliphatic rings. The van der Waals surface area contributed by atoms with Gasteiger partial charge in [0.2, 0.25) is 0 Å². The van der Waals surface area contributed by atoms with Crippen molar-refractivity contribution in [1.82, 2.24) is 4.98 Å². The Balaban J connectivity index is 1.88. The molecule has 0 saturated carbocycles. The van der Waals surface area contributed by atoms with Crippen LogP contribution in [-0.4, -0.2) is 23.6 Å². The highest BCUT2D eigenvalue weighted by atomic mass is 32.1. The molecule has 0 fully saturated rings. The van der Waals surface area contributed by atoms with E-state index < -0.39 is 11.5 Å². The number of aromatic nitrogens is 1. The van der Waals surface area contributed by atoms with Gasteiger partial charge in [0, 0.05) is 23.9 Å². The van der Waals surface area contributed by atoms with Crippen molar-refractivity contribution in [2.24, 2.45) is 0 Å². The lowest BCUT2D eigenvalue weighted by Gasteiger charge is -2.11. The van der Waals surface area contributed by atoms with Gasteiger partial charge in [-0.3, -0.25) is 10.1 Å². The van der Waals surface area contributed by atoms with Crippen molar-refractivity contribution in [2.75, 3.05) is 12.4 Å². The number of thiazole rings is 1. The molecule has 1 aromatic heterocycles. The molecule has 0 amide bonds. The second kappa shape index (κ2) is 6.85. The zero-order valence-corrected chi connectivity index (χ0v) is 13.5. The van der Waals surface area contributed by atoms with Gasteiger partial charge < -0.3 is 14.8 Å². The minimum absolute atomic E-state index is 0.0280. The molecule has 10 heteroatoms. The molecular weight excluding hydrogens is 356 g/mol. The number of nitrogens with one attached hydrogen (secondary N) is 1. The Morgan fingerprint density at radius 2 is 2.04 bits per heavy atom. The van der Waals surface area contributed by atoms with Crippen LogP contribution in [0.25, 0.3) is 10.2 Å². The number of halogens is 2. The Labute approximate surface area is 144 Å². The predicted molar refractivity (Wildman–Crippen MR) is 89.2 cm³/mol. The molecule has 0 atom stereocenters. The van der Waals surface area contributed by atoms with Crippen molar-refractivity contribution >= 4 is 38.1 Å². The first-order chi connectivity index (χ1) is 12.0. The van der Waals surface area contributed by atoms with E-state index in [0.29, 0.717) is 21.0 Å². The smallest absolute Gasteiger partial charge is 0.387 e. The van der Waals surface area contributed by atoms with Gasteiger partial charge in [-0.05, 0) is 18.2 Å². The molecule has 0 aliphatic carbocycles. The van der Waals surface area contributed by atoms with E-state index >= 15 is 0 Å². The van der Waals surface area contributed by atoms with Crippen LogP contribution >= 0.6 is 11.3 Å². The Morgan fingerprint density at radius 1 is 1.24 bits per heavy atom. The van der Waals surface area contributed by atoms with Crippen molar-refractivity contribution in [2.45, 2.75) is 6.61 Å². The summed E-state index contributed by atoms with van der Waals surface area (Å²) in [5, 5.41) is 14.2. The molecule has 3 rings (SSSR count). The number of rotatable bonds is 6. The van der Waals surface area contributed by atoms with Crippen LogP contribution in [0.2, 0.25) is 0 Å². The summed E-state index contributed by atoms with van der Waals surface area (Å²) in [5.41, 5.74) is 1.03. The lowest BCUT2D eigenvalue weighted by Crippen LogP contribution is -2.04. The fourth-order valence-electron chi connectivity index (χ4n) is 2.15. The normalized spacial score (nSPS) is 10.9. The van der Waals surface area contributed by atoms with Crippen molar-refractivity contribution in [3.05, 3.63) is 46.5 Å². The summed E-state index contributed by atoms with van der Waals surface area (Å²) in [6.07, 6.45) is 0. The molecule has 25 heavy (non-hydrogen) atoms. The number of methoxy groups -OCH3 is 1. The van der Waals surface area contributed by atoms with Crippen LogP contribution in [0.4, 0.5) is 25.3 Å². The zero-order valence-electron chi connectivity index (χ0n) is 12.7. The average molecular weight is 367 g/mol. The summed E-state index contributed by atoms with van der Waals surface area (Å²) in [5.74, 6) is 0.0602. The number of non-ortho nitro benzene ring substituents is 1. The van der Waals surface area contributed by atoms with Gasteiger partial charge in [-0.2, -0.15) is 8.78 Å². The Morgan fingerprint density at radius 3 is 2.72 bits per heavy atom. The molecule has 130 valence electrons. The maximum atomic E-state index is 12.5. The Kier molecular flexibility index (Phi) is 4.61. The minimum atomic E-state index is -2.98. The van der Waals surface area contributed by atoms with Gasteiger partial charge in [0.15, 0.2) is 16.6 Å². The van der Waals surface area contributed by atoms with Crippen molar-refractivity contribution < 1.29 is 23.2 Å².